The Kier molecular flexibility index (Phi) is 5.06. The van der Waals surface area contributed by atoms with Crippen LogP contribution in [0.15, 0.2) is 35.8 Å². The molecule has 24 heavy (non-hydrogen) atoms. The van der Waals surface area contributed by atoms with E-state index < -0.39 is 0 Å². The molecule has 2 aromatic heterocycles. The first-order valence-electron chi connectivity index (χ1n) is 7.94. The maximum Gasteiger partial charge on any atom is 0.123 e. The molecule has 0 aliphatic rings. The predicted octanol–water partition coefficient (Wildman–Crippen LogP) is 4.43. The number of benzene rings is 1. The van der Waals surface area contributed by atoms with Gasteiger partial charge in [0.15, 0.2) is 0 Å². The van der Waals surface area contributed by atoms with Gasteiger partial charge >= 0.3 is 0 Å². The second-order valence-electron chi connectivity index (χ2n) is 6.27. The summed E-state index contributed by atoms with van der Waals surface area (Å²) >= 11 is 1.70. The molecular formula is C18H21FN4S. The highest BCUT2D eigenvalue weighted by atomic mass is 32.1. The van der Waals surface area contributed by atoms with Crippen LogP contribution < -0.4 is 0 Å². The average Bonchev–Trinajstić information content (AvgIpc) is 3.17. The van der Waals surface area contributed by atoms with Crippen LogP contribution in [0.1, 0.15) is 36.0 Å². The van der Waals surface area contributed by atoms with Gasteiger partial charge in [0.05, 0.1) is 24.1 Å². The number of rotatable bonds is 6. The molecule has 0 saturated carbocycles. The Morgan fingerprint density at radius 3 is 2.62 bits per heavy atom. The van der Waals surface area contributed by atoms with Crippen molar-refractivity contribution in [3.05, 3.63) is 57.9 Å². The fraction of sp³-hybridized carbons (Fsp3) is 0.333. The highest BCUT2D eigenvalue weighted by Crippen LogP contribution is 2.23. The van der Waals surface area contributed by atoms with Crippen molar-refractivity contribution in [1.29, 1.82) is 0 Å². The Balaban J connectivity index is 1.69. The van der Waals surface area contributed by atoms with Crippen molar-refractivity contribution in [2.75, 3.05) is 7.05 Å². The van der Waals surface area contributed by atoms with E-state index in [9.17, 15) is 4.39 Å². The van der Waals surface area contributed by atoms with Crippen LogP contribution in [0.25, 0.3) is 11.3 Å². The first-order chi connectivity index (χ1) is 11.5. The third-order valence-corrected chi connectivity index (χ3v) is 4.71. The molecule has 0 unspecified atom stereocenters. The maximum absolute atomic E-state index is 13.1. The minimum atomic E-state index is -0.235. The fourth-order valence-electron chi connectivity index (χ4n) is 2.54. The summed E-state index contributed by atoms with van der Waals surface area (Å²) < 4.78 is 13.1. The van der Waals surface area contributed by atoms with Crippen LogP contribution in [0.3, 0.4) is 0 Å². The molecule has 4 nitrogen and oxygen atoms in total. The van der Waals surface area contributed by atoms with Gasteiger partial charge in [0.2, 0.25) is 0 Å². The normalized spacial score (nSPS) is 11.6. The van der Waals surface area contributed by atoms with E-state index in [1.807, 2.05) is 6.20 Å². The maximum atomic E-state index is 13.1. The SMILES string of the molecule is CC(C)c1csc(CN(C)Cc2cn[nH]c2-c2ccc(F)cc2)n1. The zero-order valence-electron chi connectivity index (χ0n) is 14.1. The molecule has 126 valence electrons. The zero-order chi connectivity index (χ0) is 17.1. The second kappa shape index (κ2) is 7.23. The van der Waals surface area contributed by atoms with Crippen molar-refractivity contribution in [3.8, 4) is 11.3 Å². The van der Waals surface area contributed by atoms with E-state index in [4.69, 9.17) is 0 Å². The largest absolute Gasteiger partial charge is 0.295 e. The van der Waals surface area contributed by atoms with Gasteiger partial charge in [-0.15, -0.1) is 11.3 Å². The highest BCUT2D eigenvalue weighted by Gasteiger charge is 2.12. The summed E-state index contributed by atoms with van der Waals surface area (Å²) in [7, 11) is 2.07. The Labute approximate surface area is 145 Å². The van der Waals surface area contributed by atoms with Gasteiger partial charge in [0.25, 0.3) is 0 Å². The lowest BCUT2D eigenvalue weighted by molar-refractivity contribution is 0.318. The Bertz CT molecular complexity index is 791. The van der Waals surface area contributed by atoms with Crippen molar-refractivity contribution in [2.45, 2.75) is 32.9 Å². The monoisotopic (exact) mass is 344 g/mol. The van der Waals surface area contributed by atoms with E-state index >= 15 is 0 Å². The van der Waals surface area contributed by atoms with Crippen molar-refractivity contribution >= 4 is 11.3 Å². The number of H-pyrrole nitrogens is 1. The van der Waals surface area contributed by atoms with Crippen LogP contribution in [-0.4, -0.2) is 27.1 Å². The summed E-state index contributed by atoms with van der Waals surface area (Å²) in [4.78, 5) is 6.89. The lowest BCUT2D eigenvalue weighted by atomic mass is 10.1. The van der Waals surface area contributed by atoms with Gasteiger partial charge < -0.3 is 0 Å². The predicted molar refractivity (Wildman–Crippen MR) is 95.4 cm³/mol. The first-order valence-corrected chi connectivity index (χ1v) is 8.82. The molecule has 3 aromatic rings. The zero-order valence-corrected chi connectivity index (χ0v) is 14.9. The number of aromatic amines is 1. The second-order valence-corrected chi connectivity index (χ2v) is 7.21. The first kappa shape index (κ1) is 16.8. The number of aromatic nitrogens is 3. The van der Waals surface area contributed by atoms with Crippen molar-refractivity contribution in [3.63, 3.8) is 0 Å². The standard InChI is InChI=1S/C18H21FN4S/c1-12(2)16-11-24-17(21-16)10-23(3)9-14-8-20-22-18(14)13-4-6-15(19)7-5-13/h4-8,11-12H,9-10H2,1-3H3,(H,20,22). The summed E-state index contributed by atoms with van der Waals surface area (Å²) in [5.41, 5.74) is 4.11. The number of hydrogen-bond acceptors (Lipinski definition) is 4. The molecule has 1 N–H and O–H groups in total. The van der Waals surface area contributed by atoms with Crippen molar-refractivity contribution < 1.29 is 4.39 Å². The molecule has 0 amide bonds. The van der Waals surface area contributed by atoms with Crippen LogP contribution in [-0.2, 0) is 13.1 Å². The van der Waals surface area contributed by atoms with E-state index in [-0.39, 0.29) is 5.82 Å². The molecule has 0 spiro atoms. The van der Waals surface area contributed by atoms with Crippen LogP contribution in [0.5, 0.6) is 0 Å². The molecule has 0 saturated heterocycles. The number of hydrogen-bond donors (Lipinski definition) is 1. The molecule has 0 radical (unpaired) electrons. The molecule has 0 bridgehead atoms. The third kappa shape index (κ3) is 3.88. The van der Waals surface area contributed by atoms with Crippen molar-refractivity contribution in [2.24, 2.45) is 0 Å². The summed E-state index contributed by atoms with van der Waals surface area (Å²) in [6, 6.07) is 6.46. The molecule has 0 aliphatic heterocycles. The molecule has 2 heterocycles. The minimum absolute atomic E-state index is 0.235. The number of nitrogens with one attached hydrogen (secondary N) is 1. The van der Waals surface area contributed by atoms with E-state index in [1.54, 1.807) is 23.5 Å². The molecule has 1 aromatic carbocycles. The van der Waals surface area contributed by atoms with E-state index in [0.29, 0.717) is 5.92 Å². The Hall–Kier alpha value is -2.05. The Morgan fingerprint density at radius 2 is 1.96 bits per heavy atom. The molecular weight excluding hydrogens is 323 g/mol. The van der Waals surface area contributed by atoms with Crippen LogP contribution in [0, 0.1) is 5.82 Å². The Morgan fingerprint density at radius 1 is 1.21 bits per heavy atom. The molecule has 0 atom stereocenters. The molecule has 6 heteroatoms. The molecule has 0 fully saturated rings. The van der Waals surface area contributed by atoms with Gasteiger partial charge in [-0.1, -0.05) is 13.8 Å². The van der Waals surface area contributed by atoms with E-state index in [2.05, 4.69) is 46.4 Å². The number of thiazole rings is 1. The van der Waals surface area contributed by atoms with Gasteiger partial charge in [-0.3, -0.25) is 10.00 Å². The average molecular weight is 344 g/mol. The van der Waals surface area contributed by atoms with E-state index in [1.165, 1.54) is 12.1 Å². The summed E-state index contributed by atoms with van der Waals surface area (Å²) in [5.74, 6) is 0.223. The van der Waals surface area contributed by atoms with Gasteiger partial charge in [-0.05, 0) is 37.2 Å². The number of nitrogens with zero attached hydrogens (tertiary/aromatic N) is 3. The lowest BCUT2D eigenvalue weighted by Gasteiger charge is -2.15. The van der Waals surface area contributed by atoms with Crippen LogP contribution in [0.4, 0.5) is 4.39 Å². The van der Waals surface area contributed by atoms with Gasteiger partial charge in [-0.2, -0.15) is 5.10 Å². The topological polar surface area (TPSA) is 44.8 Å². The van der Waals surface area contributed by atoms with E-state index in [0.717, 1.165) is 40.6 Å². The van der Waals surface area contributed by atoms with Gasteiger partial charge in [-0.25, -0.2) is 9.37 Å². The number of halogens is 1. The smallest absolute Gasteiger partial charge is 0.123 e. The summed E-state index contributed by atoms with van der Waals surface area (Å²) in [5, 5.41) is 10.4. The quantitative estimate of drug-likeness (QED) is 0.719. The van der Waals surface area contributed by atoms with Gasteiger partial charge in [0.1, 0.15) is 10.8 Å². The van der Waals surface area contributed by atoms with Gasteiger partial charge in [0, 0.05) is 23.1 Å². The summed E-state index contributed by atoms with van der Waals surface area (Å²) in [6.07, 6.45) is 1.83. The third-order valence-electron chi connectivity index (χ3n) is 3.86. The van der Waals surface area contributed by atoms with Crippen LogP contribution in [0.2, 0.25) is 0 Å². The fourth-order valence-corrected chi connectivity index (χ4v) is 3.57. The highest BCUT2D eigenvalue weighted by molar-refractivity contribution is 7.09. The summed E-state index contributed by atoms with van der Waals surface area (Å²) in [6.45, 7) is 5.86. The molecule has 3 rings (SSSR count). The lowest BCUT2D eigenvalue weighted by Crippen LogP contribution is -2.17. The van der Waals surface area contributed by atoms with Crippen LogP contribution >= 0.6 is 11.3 Å². The molecule has 0 aliphatic carbocycles. The van der Waals surface area contributed by atoms with Crippen molar-refractivity contribution in [1.82, 2.24) is 20.1 Å². The minimum Gasteiger partial charge on any atom is -0.295 e.